The largest absolute Gasteiger partial charge is 0.497 e. The molecule has 0 saturated carbocycles. The van der Waals surface area contributed by atoms with Crippen LogP contribution in [0.1, 0.15) is 20.8 Å². The molecule has 0 unspecified atom stereocenters. The van der Waals surface area contributed by atoms with E-state index in [1.54, 1.807) is 7.11 Å². The molecule has 0 amide bonds. The predicted octanol–water partition coefficient (Wildman–Crippen LogP) is 2.74. The van der Waals surface area contributed by atoms with Gasteiger partial charge in [0.25, 0.3) is 0 Å². The lowest BCUT2D eigenvalue weighted by atomic mass is 9.97. The molecule has 0 aromatic heterocycles. The van der Waals surface area contributed by atoms with Gasteiger partial charge in [0.15, 0.2) is 0 Å². The Labute approximate surface area is 91.6 Å². The van der Waals surface area contributed by atoms with Crippen LogP contribution in [0.25, 0.3) is 0 Å². The standard InChI is InChI=1S/C12H20N2O/c1-12(2,3)8-14-10-5-9(13)6-11(7-10)15-4/h5-7,14H,8,13H2,1-4H3. The highest BCUT2D eigenvalue weighted by atomic mass is 16.5. The summed E-state index contributed by atoms with van der Waals surface area (Å²) in [5.74, 6) is 0.784. The minimum atomic E-state index is 0.248. The fourth-order valence-electron chi connectivity index (χ4n) is 1.21. The quantitative estimate of drug-likeness (QED) is 0.751. The second-order valence-electron chi connectivity index (χ2n) is 4.91. The fourth-order valence-corrected chi connectivity index (χ4v) is 1.21. The summed E-state index contributed by atoms with van der Waals surface area (Å²) in [6, 6.07) is 5.67. The van der Waals surface area contributed by atoms with E-state index in [1.807, 2.05) is 18.2 Å². The molecule has 0 spiro atoms. The Bertz CT molecular complexity index is 329. The third-order valence-corrected chi connectivity index (χ3v) is 1.99. The summed E-state index contributed by atoms with van der Waals surface area (Å²) in [4.78, 5) is 0. The number of rotatable bonds is 3. The van der Waals surface area contributed by atoms with Gasteiger partial charge >= 0.3 is 0 Å². The van der Waals surface area contributed by atoms with Gasteiger partial charge in [-0.05, 0) is 11.5 Å². The lowest BCUT2D eigenvalue weighted by Crippen LogP contribution is -2.19. The first-order chi connectivity index (χ1) is 6.90. The monoisotopic (exact) mass is 208 g/mol. The summed E-state index contributed by atoms with van der Waals surface area (Å²) in [6.45, 7) is 7.45. The molecule has 0 heterocycles. The van der Waals surface area contributed by atoms with Gasteiger partial charge in [-0.3, -0.25) is 0 Å². The maximum atomic E-state index is 5.75. The van der Waals surface area contributed by atoms with Gasteiger partial charge in [-0.1, -0.05) is 20.8 Å². The van der Waals surface area contributed by atoms with Crippen molar-refractivity contribution in [3.05, 3.63) is 18.2 Å². The van der Waals surface area contributed by atoms with Gasteiger partial charge in [-0.2, -0.15) is 0 Å². The van der Waals surface area contributed by atoms with Gasteiger partial charge in [0.2, 0.25) is 0 Å². The van der Waals surface area contributed by atoms with E-state index in [2.05, 4.69) is 26.1 Å². The van der Waals surface area contributed by atoms with Crippen LogP contribution in [-0.2, 0) is 0 Å². The minimum absolute atomic E-state index is 0.248. The Kier molecular flexibility index (Phi) is 3.45. The van der Waals surface area contributed by atoms with Crippen molar-refractivity contribution in [1.29, 1.82) is 0 Å². The summed E-state index contributed by atoms with van der Waals surface area (Å²) in [5, 5.41) is 3.34. The molecule has 0 aliphatic heterocycles. The summed E-state index contributed by atoms with van der Waals surface area (Å²) in [7, 11) is 1.64. The highest BCUT2D eigenvalue weighted by molar-refractivity contribution is 5.59. The van der Waals surface area contributed by atoms with E-state index in [0.717, 1.165) is 18.0 Å². The molecule has 0 aliphatic carbocycles. The molecule has 0 bridgehead atoms. The number of benzene rings is 1. The molecule has 1 aromatic carbocycles. The third kappa shape index (κ3) is 4.11. The van der Waals surface area contributed by atoms with E-state index >= 15 is 0 Å². The van der Waals surface area contributed by atoms with Crippen LogP contribution >= 0.6 is 0 Å². The van der Waals surface area contributed by atoms with Crippen molar-refractivity contribution in [1.82, 2.24) is 0 Å². The Morgan fingerprint density at radius 1 is 1.27 bits per heavy atom. The zero-order valence-electron chi connectivity index (χ0n) is 9.92. The van der Waals surface area contributed by atoms with Gasteiger partial charge in [-0.25, -0.2) is 0 Å². The molecule has 15 heavy (non-hydrogen) atoms. The average Bonchev–Trinajstić information content (AvgIpc) is 2.13. The number of methoxy groups -OCH3 is 1. The number of hydrogen-bond donors (Lipinski definition) is 2. The van der Waals surface area contributed by atoms with Crippen molar-refractivity contribution in [2.24, 2.45) is 5.41 Å². The van der Waals surface area contributed by atoms with Crippen LogP contribution in [0.4, 0.5) is 11.4 Å². The molecule has 3 nitrogen and oxygen atoms in total. The second kappa shape index (κ2) is 4.43. The lowest BCUT2D eigenvalue weighted by molar-refractivity contribution is 0.414. The number of hydrogen-bond acceptors (Lipinski definition) is 3. The van der Waals surface area contributed by atoms with Gasteiger partial charge in [0, 0.05) is 30.1 Å². The molecule has 0 fully saturated rings. The maximum Gasteiger partial charge on any atom is 0.122 e. The predicted molar refractivity (Wildman–Crippen MR) is 65.4 cm³/mol. The van der Waals surface area contributed by atoms with Crippen molar-refractivity contribution in [3.63, 3.8) is 0 Å². The van der Waals surface area contributed by atoms with Gasteiger partial charge in [0.05, 0.1) is 7.11 Å². The smallest absolute Gasteiger partial charge is 0.122 e. The van der Waals surface area contributed by atoms with Crippen LogP contribution in [-0.4, -0.2) is 13.7 Å². The van der Waals surface area contributed by atoms with Crippen LogP contribution in [0.3, 0.4) is 0 Å². The topological polar surface area (TPSA) is 47.3 Å². The van der Waals surface area contributed by atoms with Crippen molar-refractivity contribution < 1.29 is 4.74 Å². The molecule has 3 N–H and O–H groups in total. The Morgan fingerprint density at radius 2 is 1.93 bits per heavy atom. The molecule has 0 aliphatic rings. The minimum Gasteiger partial charge on any atom is -0.497 e. The number of nitrogens with two attached hydrogens (primary N) is 1. The molecule has 0 radical (unpaired) electrons. The highest BCUT2D eigenvalue weighted by Gasteiger charge is 2.09. The second-order valence-corrected chi connectivity index (χ2v) is 4.91. The fraction of sp³-hybridized carbons (Fsp3) is 0.500. The molecule has 3 heteroatoms. The third-order valence-electron chi connectivity index (χ3n) is 1.99. The number of nitrogen functional groups attached to an aromatic ring is 1. The zero-order valence-corrected chi connectivity index (χ0v) is 9.92. The molecular formula is C12H20N2O. The lowest BCUT2D eigenvalue weighted by Gasteiger charge is -2.20. The van der Waals surface area contributed by atoms with E-state index < -0.39 is 0 Å². The van der Waals surface area contributed by atoms with Crippen LogP contribution in [0.5, 0.6) is 5.75 Å². The summed E-state index contributed by atoms with van der Waals surface area (Å²) in [6.07, 6.45) is 0. The summed E-state index contributed by atoms with van der Waals surface area (Å²) < 4.78 is 5.15. The van der Waals surface area contributed by atoms with Gasteiger partial charge in [-0.15, -0.1) is 0 Å². The van der Waals surface area contributed by atoms with E-state index in [4.69, 9.17) is 10.5 Å². The normalized spacial score (nSPS) is 11.2. The number of nitrogens with one attached hydrogen (secondary N) is 1. The highest BCUT2D eigenvalue weighted by Crippen LogP contribution is 2.23. The van der Waals surface area contributed by atoms with Crippen LogP contribution in [0, 0.1) is 5.41 Å². The Balaban J connectivity index is 2.73. The van der Waals surface area contributed by atoms with E-state index in [-0.39, 0.29) is 5.41 Å². The molecular weight excluding hydrogens is 188 g/mol. The van der Waals surface area contributed by atoms with E-state index in [1.165, 1.54) is 0 Å². The van der Waals surface area contributed by atoms with E-state index in [9.17, 15) is 0 Å². The van der Waals surface area contributed by atoms with Crippen LogP contribution in [0.15, 0.2) is 18.2 Å². The van der Waals surface area contributed by atoms with Crippen molar-refractivity contribution in [3.8, 4) is 5.75 Å². The van der Waals surface area contributed by atoms with Crippen molar-refractivity contribution in [2.45, 2.75) is 20.8 Å². The first kappa shape index (κ1) is 11.7. The van der Waals surface area contributed by atoms with Crippen molar-refractivity contribution >= 4 is 11.4 Å². The first-order valence-electron chi connectivity index (χ1n) is 5.09. The number of anilines is 2. The molecule has 84 valence electrons. The van der Waals surface area contributed by atoms with Gasteiger partial charge < -0.3 is 15.8 Å². The Hall–Kier alpha value is -1.38. The molecule has 1 aromatic rings. The van der Waals surface area contributed by atoms with E-state index in [0.29, 0.717) is 5.69 Å². The molecule has 0 atom stereocenters. The average molecular weight is 208 g/mol. The SMILES string of the molecule is COc1cc(N)cc(NCC(C)(C)C)c1. The zero-order chi connectivity index (χ0) is 11.5. The number of ether oxygens (including phenoxy) is 1. The van der Waals surface area contributed by atoms with Crippen molar-refractivity contribution in [2.75, 3.05) is 24.7 Å². The first-order valence-corrected chi connectivity index (χ1v) is 5.09. The molecule has 1 rings (SSSR count). The Morgan fingerprint density at radius 3 is 2.47 bits per heavy atom. The maximum absolute atomic E-state index is 5.75. The van der Waals surface area contributed by atoms with Gasteiger partial charge in [0.1, 0.15) is 5.75 Å². The van der Waals surface area contributed by atoms with Crippen LogP contribution < -0.4 is 15.8 Å². The summed E-state index contributed by atoms with van der Waals surface area (Å²) in [5.41, 5.74) is 7.72. The summed E-state index contributed by atoms with van der Waals surface area (Å²) >= 11 is 0. The molecule has 0 saturated heterocycles. The van der Waals surface area contributed by atoms with Crippen LogP contribution in [0.2, 0.25) is 0 Å².